The van der Waals surface area contributed by atoms with E-state index in [9.17, 15) is 9.90 Å². The molecule has 0 aromatic heterocycles. The number of hydrogen-bond acceptors (Lipinski definition) is 3. The third-order valence-electron chi connectivity index (χ3n) is 3.47. The van der Waals surface area contributed by atoms with E-state index in [1.807, 2.05) is 26.0 Å². The molecule has 4 nitrogen and oxygen atoms in total. The summed E-state index contributed by atoms with van der Waals surface area (Å²) in [7, 11) is 1.57. The van der Waals surface area contributed by atoms with E-state index in [2.05, 4.69) is 0 Å². The molecule has 1 aliphatic rings. The van der Waals surface area contributed by atoms with Crippen molar-refractivity contribution in [1.29, 1.82) is 0 Å². The first-order chi connectivity index (χ1) is 8.55. The fraction of sp³-hybridized carbons (Fsp3) is 0.500. The topological polar surface area (TPSA) is 55.8 Å². The van der Waals surface area contributed by atoms with Crippen LogP contribution in [0.15, 0.2) is 12.1 Å². The van der Waals surface area contributed by atoms with Crippen molar-refractivity contribution < 1.29 is 19.4 Å². The van der Waals surface area contributed by atoms with Crippen LogP contribution in [0.2, 0.25) is 0 Å². The summed E-state index contributed by atoms with van der Waals surface area (Å²) in [5, 5.41) is 9.37. The van der Waals surface area contributed by atoms with Gasteiger partial charge >= 0.3 is 5.97 Å². The van der Waals surface area contributed by atoms with Crippen molar-refractivity contribution in [2.24, 2.45) is 0 Å². The summed E-state index contributed by atoms with van der Waals surface area (Å²) in [6.45, 7) is 4.40. The summed E-state index contributed by atoms with van der Waals surface area (Å²) in [5.74, 6) is 0.587. The second-order valence-corrected chi connectivity index (χ2v) is 4.64. The van der Waals surface area contributed by atoms with Gasteiger partial charge in [0.2, 0.25) is 0 Å². The molecule has 98 valence electrons. The normalized spacial score (nSPS) is 16.2. The van der Waals surface area contributed by atoms with Gasteiger partial charge in [-0.05, 0) is 44.4 Å². The van der Waals surface area contributed by atoms with Gasteiger partial charge in [0.1, 0.15) is 11.5 Å². The molecule has 0 bridgehead atoms. The van der Waals surface area contributed by atoms with Gasteiger partial charge in [0, 0.05) is 5.56 Å². The highest BCUT2D eigenvalue weighted by molar-refractivity contribution is 5.86. The molecule has 4 heteroatoms. The Bertz CT molecular complexity index is 475. The van der Waals surface area contributed by atoms with E-state index in [0.29, 0.717) is 25.2 Å². The fourth-order valence-electron chi connectivity index (χ4n) is 2.24. The monoisotopic (exact) mass is 250 g/mol. The molecular weight excluding hydrogens is 232 g/mol. The summed E-state index contributed by atoms with van der Waals surface area (Å²) < 4.78 is 10.8. The second-order valence-electron chi connectivity index (χ2n) is 4.64. The zero-order valence-corrected chi connectivity index (χ0v) is 10.9. The lowest BCUT2D eigenvalue weighted by atomic mass is 9.93. The van der Waals surface area contributed by atoms with Crippen LogP contribution in [0.25, 0.3) is 0 Å². The molecule has 0 amide bonds. The molecule has 1 saturated carbocycles. The Balaban J connectivity index is 2.51. The van der Waals surface area contributed by atoms with Crippen molar-refractivity contribution >= 4 is 5.97 Å². The van der Waals surface area contributed by atoms with Gasteiger partial charge in [-0.2, -0.15) is 0 Å². The van der Waals surface area contributed by atoms with Gasteiger partial charge < -0.3 is 14.6 Å². The Kier molecular flexibility index (Phi) is 3.20. The minimum absolute atomic E-state index is 0.562. The molecule has 1 fully saturated rings. The van der Waals surface area contributed by atoms with Gasteiger partial charge in [0.05, 0.1) is 19.1 Å². The summed E-state index contributed by atoms with van der Waals surface area (Å²) in [6, 6.07) is 3.67. The van der Waals surface area contributed by atoms with Crippen LogP contribution in [0.1, 0.15) is 30.9 Å². The highest BCUT2D eigenvalue weighted by Gasteiger charge is 2.53. The van der Waals surface area contributed by atoms with Gasteiger partial charge in [0.15, 0.2) is 0 Å². The summed E-state index contributed by atoms with van der Waals surface area (Å²) in [4.78, 5) is 11.4. The molecule has 1 aliphatic carbocycles. The number of benzene rings is 1. The number of carbonyl (C=O) groups is 1. The number of ether oxygens (including phenoxy) is 2. The maximum absolute atomic E-state index is 11.4. The van der Waals surface area contributed by atoms with Crippen LogP contribution in [0.4, 0.5) is 0 Å². The maximum atomic E-state index is 11.4. The number of rotatable bonds is 5. The van der Waals surface area contributed by atoms with E-state index in [0.717, 1.165) is 16.9 Å². The van der Waals surface area contributed by atoms with E-state index in [-0.39, 0.29) is 0 Å². The van der Waals surface area contributed by atoms with E-state index in [1.165, 1.54) is 0 Å². The molecule has 1 aromatic carbocycles. The maximum Gasteiger partial charge on any atom is 0.314 e. The largest absolute Gasteiger partial charge is 0.496 e. The van der Waals surface area contributed by atoms with Crippen LogP contribution < -0.4 is 9.47 Å². The van der Waals surface area contributed by atoms with Crippen LogP contribution in [0, 0.1) is 6.92 Å². The number of carboxylic acid groups (broad SMARTS) is 1. The van der Waals surface area contributed by atoms with Crippen molar-refractivity contribution in [2.75, 3.05) is 13.7 Å². The van der Waals surface area contributed by atoms with Crippen molar-refractivity contribution in [3.8, 4) is 11.5 Å². The Morgan fingerprint density at radius 1 is 1.39 bits per heavy atom. The molecule has 18 heavy (non-hydrogen) atoms. The van der Waals surface area contributed by atoms with Crippen molar-refractivity contribution in [3.63, 3.8) is 0 Å². The van der Waals surface area contributed by atoms with Crippen LogP contribution in [-0.2, 0) is 10.2 Å². The molecule has 1 aromatic rings. The van der Waals surface area contributed by atoms with E-state index >= 15 is 0 Å². The lowest BCUT2D eigenvalue weighted by molar-refractivity contribution is -0.140. The number of aryl methyl sites for hydroxylation is 1. The number of hydrogen-bond donors (Lipinski definition) is 1. The fourth-order valence-corrected chi connectivity index (χ4v) is 2.24. The highest BCUT2D eigenvalue weighted by Crippen LogP contribution is 2.52. The molecule has 0 atom stereocenters. The van der Waals surface area contributed by atoms with Gasteiger partial charge in [-0.15, -0.1) is 0 Å². The zero-order valence-electron chi connectivity index (χ0n) is 10.9. The quantitative estimate of drug-likeness (QED) is 0.872. The zero-order chi connectivity index (χ0) is 13.3. The molecule has 0 radical (unpaired) electrons. The van der Waals surface area contributed by atoms with E-state index in [4.69, 9.17) is 9.47 Å². The molecule has 2 rings (SSSR count). The molecule has 0 spiro atoms. The van der Waals surface area contributed by atoms with Crippen molar-refractivity contribution in [2.45, 2.75) is 32.1 Å². The van der Waals surface area contributed by atoms with E-state index in [1.54, 1.807) is 7.11 Å². The van der Waals surface area contributed by atoms with Crippen molar-refractivity contribution in [3.05, 3.63) is 23.3 Å². The van der Waals surface area contributed by atoms with Gasteiger partial charge in [-0.25, -0.2) is 0 Å². The van der Waals surface area contributed by atoms with Gasteiger partial charge in [0.25, 0.3) is 0 Å². The van der Waals surface area contributed by atoms with Gasteiger partial charge in [-0.3, -0.25) is 4.79 Å². The minimum atomic E-state index is -0.785. The first-order valence-corrected chi connectivity index (χ1v) is 6.10. The Morgan fingerprint density at radius 2 is 2.06 bits per heavy atom. The highest BCUT2D eigenvalue weighted by atomic mass is 16.5. The van der Waals surface area contributed by atoms with Crippen LogP contribution in [0.3, 0.4) is 0 Å². The number of methoxy groups -OCH3 is 1. The van der Waals surface area contributed by atoms with Crippen LogP contribution in [0.5, 0.6) is 11.5 Å². The molecule has 0 unspecified atom stereocenters. The second kappa shape index (κ2) is 4.52. The standard InChI is InChI=1S/C14H18O4/c1-4-18-11-8-10(12(17-3)7-9(11)2)14(5-6-14)13(15)16/h7-8H,4-6H2,1-3H3,(H,15,16). The Morgan fingerprint density at radius 3 is 2.50 bits per heavy atom. The third kappa shape index (κ3) is 1.92. The summed E-state index contributed by atoms with van der Waals surface area (Å²) in [6.07, 6.45) is 1.32. The molecule has 0 aliphatic heterocycles. The predicted molar refractivity (Wildman–Crippen MR) is 67.4 cm³/mol. The number of aliphatic carboxylic acids is 1. The smallest absolute Gasteiger partial charge is 0.314 e. The average Bonchev–Trinajstić information content (AvgIpc) is 3.12. The molecule has 0 heterocycles. The van der Waals surface area contributed by atoms with Crippen molar-refractivity contribution in [1.82, 2.24) is 0 Å². The van der Waals surface area contributed by atoms with Gasteiger partial charge in [-0.1, -0.05) is 0 Å². The summed E-state index contributed by atoms with van der Waals surface area (Å²) >= 11 is 0. The SMILES string of the molecule is CCOc1cc(C2(C(=O)O)CC2)c(OC)cc1C. The predicted octanol–water partition coefficient (Wildman–Crippen LogP) is 2.52. The average molecular weight is 250 g/mol. The van der Waals surface area contributed by atoms with Crippen LogP contribution >= 0.6 is 0 Å². The first-order valence-electron chi connectivity index (χ1n) is 6.10. The lowest BCUT2D eigenvalue weighted by Crippen LogP contribution is -2.20. The Hall–Kier alpha value is -1.71. The third-order valence-corrected chi connectivity index (χ3v) is 3.47. The van der Waals surface area contributed by atoms with Crippen LogP contribution in [-0.4, -0.2) is 24.8 Å². The van der Waals surface area contributed by atoms with E-state index < -0.39 is 11.4 Å². The Labute approximate surface area is 107 Å². The number of carboxylic acids is 1. The molecule has 0 saturated heterocycles. The first kappa shape index (κ1) is 12.7. The summed E-state index contributed by atoms with van der Waals surface area (Å²) in [5.41, 5.74) is 0.912. The molecular formula is C14H18O4. The minimum Gasteiger partial charge on any atom is -0.496 e. The lowest BCUT2D eigenvalue weighted by Gasteiger charge is -2.18. The molecule has 1 N–H and O–H groups in total.